The Morgan fingerprint density at radius 1 is 1.53 bits per heavy atom. The van der Waals surface area contributed by atoms with E-state index in [9.17, 15) is 9.59 Å². The highest BCUT2D eigenvalue weighted by molar-refractivity contribution is 5.98. The lowest BCUT2D eigenvalue weighted by Gasteiger charge is -2.30. The average Bonchev–Trinajstić information content (AvgIpc) is 2.32. The zero-order valence-electron chi connectivity index (χ0n) is 9.42. The van der Waals surface area contributed by atoms with Gasteiger partial charge < -0.3 is 14.7 Å². The minimum Gasteiger partial charge on any atom is -0.482 e. The number of carboxylic acid groups (broad SMARTS) is 1. The van der Waals surface area contributed by atoms with Crippen LogP contribution < -0.4 is 9.64 Å². The summed E-state index contributed by atoms with van der Waals surface area (Å²) in [6.07, 6.45) is 0. The van der Waals surface area contributed by atoms with Crippen molar-refractivity contribution in [3.8, 4) is 5.75 Å². The summed E-state index contributed by atoms with van der Waals surface area (Å²) in [6, 6.07) is 7.12. The molecule has 0 radical (unpaired) electrons. The second kappa shape index (κ2) is 4.45. The summed E-state index contributed by atoms with van der Waals surface area (Å²) in [4.78, 5) is 24.0. The molecule has 0 saturated carbocycles. The third-order valence-corrected chi connectivity index (χ3v) is 2.69. The minimum absolute atomic E-state index is 0.0383. The van der Waals surface area contributed by atoms with Crippen LogP contribution in [0.15, 0.2) is 24.3 Å². The van der Waals surface area contributed by atoms with E-state index in [1.165, 1.54) is 4.90 Å². The number of carbonyl (C=O) groups excluding carboxylic acids is 1. The molecule has 1 unspecified atom stereocenters. The summed E-state index contributed by atoms with van der Waals surface area (Å²) in [5.41, 5.74) is 0.636. The molecule has 0 fully saturated rings. The number of benzene rings is 1. The van der Waals surface area contributed by atoms with Gasteiger partial charge in [-0.3, -0.25) is 9.59 Å². The Kier molecular flexibility index (Phi) is 2.99. The van der Waals surface area contributed by atoms with Crippen LogP contribution in [0.1, 0.15) is 6.92 Å². The number of para-hydroxylation sites is 2. The van der Waals surface area contributed by atoms with Crippen molar-refractivity contribution in [3.63, 3.8) is 0 Å². The topological polar surface area (TPSA) is 66.8 Å². The maximum Gasteiger partial charge on any atom is 0.308 e. The van der Waals surface area contributed by atoms with Gasteiger partial charge in [0, 0.05) is 6.54 Å². The van der Waals surface area contributed by atoms with Crippen molar-refractivity contribution < 1.29 is 19.4 Å². The Labute approximate surface area is 98.6 Å². The van der Waals surface area contributed by atoms with Crippen LogP contribution in [-0.2, 0) is 9.59 Å². The number of hydrogen-bond acceptors (Lipinski definition) is 3. The van der Waals surface area contributed by atoms with Crippen molar-refractivity contribution in [2.75, 3.05) is 18.1 Å². The van der Waals surface area contributed by atoms with Gasteiger partial charge in [-0.1, -0.05) is 19.1 Å². The van der Waals surface area contributed by atoms with Crippen LogP contribution in [0.2, 0.25) is 0 Å². The highest BCUT2D eigenvalue weighted by Gasteiger charge is 2.28. The molecule has 1 aromatic rings. The number of carbonyl (C=O) groups is 2. The highest BCUT2D eigenvalue weighted by atomic mass is 16.5. The van der Waals surface area contributed by atoms with Crippen LogP contribution in [0, 0.1) is 5.92 Å². The standard InChI is InChI=1S/C12H13NO4/c1-8(12(15)16)6-13-9-4-2-3-5-10(9)17-7-11(13)14/h2-5,8H,6-7H2,1H3,(H,15,16). The maximum atomic E-state index is 11.7. The van der Waals surface area contributed by atoms with Crippen molar-refractivity contribution in [3.05, 3.63) is 24.3 Å². The summed E-state index contributed by atoms with van der Waals surface area (Å²) in [6.45, 7) is 1.70. The fourth-order valence-corrected chi connectivity index (χ4v) is 1.71. The molecule has 2 rings (SSSR count). The Morgan fingerprint density at radius 3 is 2.94 bits per heavy atom. The third kappa shape index (κ3) is 2.22. The molecular weight excluding hydrogens is 222 g/mol. The van der Waals surface area contributed by atoms with E-state index in [0.717, 1.165) is 0 Å². The second-order valence-corrected chi connectivity index (χ2v) is 4.00. The molecule has 17 heavy (non-hydrogen) atoms. The van der Waals surface area contributed by atoms with Crippen molar-refractivity contribution in [2.45, 2.75) is 6.92 Å². The van der Waals surface area contributed by atoms with E-state index >= 15 is 0 Å². The van der Waals surface area contributed by atoms with Gasteiger partial charge in [-0.05, 0) is 12.1 Å². The Hall–Kier alpha value is -2.04. The molecule has 0 spiro atoms. The van der Waals surface area contributed by atoms with Crippen LogP contribution in [0.4, 0.5) is 5.69 Å². The first-order valence-electron chi connectivity index (χ1n) is 5.34. The molecule has 1 aromatic carbocycles. The first-order valence-corrected chi connectivity index (χ1v) is 5.34. The van der Waals surface area contributed by atoms with Crippen LogP contribution in [0.5, 0.6) is 5.75 Å². The minimum atomic E-state index is -0.915. The smallest absolute Gasteiger partial charge is 0.308 e. The lowest BCUT2D eigenvalue weighted by Crippen LogP contribution is -2.42. The van der Waals surface area contributed by atoms with E-state index in [1.807, 2.05) is 6.07 Å². The van der Waals surface area contributed by atoms with Gasteiger partial charge in [0.15, 0.2) is 6.61 Å². The fraction of sp³-hybridized carbons (Fsp3) is 0.333. The number of amides is 1. The predicted octanol–water partition coefficient (Wildman–Crippen LogP) is 1.13. The van der Waals surface area contributed by atoms with Gasteiger partial charge in [0.25, 0.3) is 5.91 Å². The van der Waals surface area contributed by atoms with E-state index in [4.69, 9.17) is 9.84 Å². The quantitative estimate of drug-likeness (QED) is 0.852. The Bertz CT molecular complexity index is 458. The second-order valence-electron chi connectivity index (χ2n) is 4.00. The predicted molar refractivity (Wildman–Crippen MR) is 61.1 cm³/mol. The normalized spacial score (nSPS) is 16.1. The van der Waals surface area contributed by atoms with Gasteiger partial charge in [-0.25, -0.2) is 0 Å². The molecule has 1 heterocycles. The first-order chi connectivity index (χ1) is 8.09. The van der Waals surface area contributed by atoms with Gasteiger partial charge >= 0.3 is 5.97 Å². The number of anilines is 1. The molecule has 5 nitrogen and oxygen atoms in total. The Balaban J connectivity index is 2.27. The number of rotatable bonds is 3. The molecule has 1 aliphatic heterocycles. The van der Waals surface area contributed by atoms with Crippen LogP contribution >= 0.6 is 0 Å². The number of ether oxygens (including phenoxy) is 1. The molecule has 0 bridgehead atoms. The van der Waals surface area contributed by atoms with E-state index < -0.39 is 11.9 Å². The van der Waals surface area contributed by atoms with E-state index in [2.05, 4.69) is 0 Å². The molecule has 1 aliphatic rings. The van der Waals surface area contributed by atoms with Gasteiger partial charge in [-0.15, -0.1) is 0 Å². The Morgan fingerprint density at radius 2 is 2.24 bits per heavy atom. The molecule has 1 N–H and O–H groups in total. The van der Waals surface area contributed by atoms with Gasteiger partial charge in [-0.2, -0.15) is 0 Å². The number of carboxylic acids is 1. The first kappa shape index (κ1) is 11.4. The zero-order chi connectivity index (χ0) is 12.4. The zero-order valence-corrected chi connectivity index (χ0v) is 9.42. The number of fused-ring (bicyclic) bond motifs is 1. The molecule has 1 amide bonds. The van der Waals surface area contributed by atoms with Crippen molar-refractivity contribution in [1.82, 2.24) is 0 Å². The van der Waals surface area contributed by atoms with Gasteiger partial charge in [0.05, 0.1) is 11.6 Å². The number of nitrogens with zero attached hydrogens (tertiary/aromatic N) is 1. The van der Waals surface area contributed by atoms with Gasteiger partial charge in [0.2, 0.25) is 0 Å². The summed E-state index contributed by atoms with van der Waals surface area (Å²) in [7, 11) is 0. The molecular formula is C12H13NO4. The molecule has 1 atom stereocenters. The van der Waals surface area contributed by atoms with E-state index in [-0.39, 0.29) is 19.1 Å². The molecule has 0 aliphatic carbocycles. The van der Waals surface area contributed by atoms with Crippen LogP contribution in [-0.4, -0.2) is 30.1 Å². The lowest BCUT2D eigenvalue weighted by molar-refractivity contribution is -0.140. The summed E-state index contributed by atoms with van der Waals surface area (Å²) < 4.78 is 5.27. The van der Waals surface area contributed by atoms with E-state index in [1.54, 1.807) is 25.1 Å². The monoisotopic (exact) mass is 235 g/mol. The summed E-state index contributed by atoms with van der Waals surface area (Å²) in [5, 5.41) is 8.88. The van der Waals surface area contributed by atoms with Gasteiger partial charge in [0.1, 0.15) is 5.75 Å². The third-order valence-electron chi connectivity index (χ3n) is 2.69. The maximum absolute atomic E-state index is 11.7. The fourth-order valence-electron chi connectivity index (χ4n) is 1.71. The lowest BCUT2D eigenvalue weighted by atomic mass is 10.1. The van der Waals surface area contributed by atoms with E-state index in [0.29, 0.717) is 11.4 Å². The molecule has 90 valence electrons. The average molecular weight is 235 g/mol. The van der Waals surface area contributed by atoms with Crippen molar-refractivity contribution >= 4 is 17.6 Å². The highest BCUT2D eigenvalue weighted by Crippen LogP contribution is 2.31. The van der Waals surface area contributed by atoms with Crippen molar-refractivity contribution in [2.24, 2.45) is 5.92 Å². The van der Waals surface area contributed by atoms with Crippen molar-refractivity contribution in [1.29, 1.82) is 0 Å². The summed E-state index contributed by atoms with van der Waals surface area (Å²) >= 11 is 0. The number of hydrogen-bond donors (Lipinski definition) is 1. The largest absolute Gasteiger partial charge is 0.482 e. The SMILES string of the molecule is CC(CN1C(=O)COc2ccccc21)C(=O)O. The molecule has 0 saturated heterocycles. The number of aliphatic carboxylic acids is 1. The van der Waals surface area contributed by atoms with Crippen LogP contribution in [0.3, 0.4) is 0 Å². The van der Waals surface area contributed by atoms with Crippen LogP contribution in [0.25, 0.3) is 0 Å². The summed E-state index contributed by atoms with van der Waals surface area (Å²) in [5.74, 6) is -1.12. The molecule has 0 aromatic heterocycles. The molecule has 5 heteroatoms.